The van der Waals surface area contributed by atoms with Crippen LogP contribution in [0.3, 0.4) is 0 Å². The molecule has 5 rings (SSSR count). The Labute approximate surface area is 282 Å². The molecule has 2 amide bonds. The van der Waals surface area contributed by atoms with Gasteiger partial charge in [-0.2, -0.15) is 15.3 Å². The van der Waals surface area contributed by atoms with E-state index in [0.717, 1.165) is 68.2 Å². The Morgan fingerprint density at radius 3 is 2.71 bits per heavy atom. The topological polar surface area (TPSA) is 148 Å². The van der Waals surface area contributed by atoms with Crippen LogP contribution in [-0.2, 0) is 13.6 Å². The summed E-state index contributed by atoms with van der Waals surface area (Å²) in [5.74, 6) is 1.59. The summed E-state index contributed by atoms with van der Waals surface area (Å²) in [7, 11) is 1.87. The predicted octanol–water partition coefficient (Wildman–Crippen LogP) is 5.79. The highest BCUT2D eigenvalue weighted by atomic mass is 16.3. The van der Waals surface area contributed by atoms with Crippen LogP contribution in [0.25, 0.3) is 11.1 Å². The van der Waals surface area contributed by atoms with Crippen LogP contribution in [0.1, 0.15) is 63.0 Å². The first kappa shape index (κ1) is 34.1. The van der Waals surface area contributed by atoms with Crippen molar-refractivity contribution < 1.29 is 9.90 Å². The zero-order valence-corrected chi connectivity index (χ0v) is 27.7. The van der Waals surface area contributed by atoms with Gasteiger partial charge in [0.1, 0.15) is 17.5 Å². The molecule has 0 aliphatic carbocycles. The van der Waals surface area contributed by atoms with Crippen molar-refractivity contribution >= 4 is 23.6 Å². The maximum Gasteiger partial charge on any atom is 0.327 e. The lowest BCUT2D eigenvalue weighted by Crippen LogP contribution is -2.36. The second kappa shape index (κ2) is 17.0. The Morgan fingerprint density at radius 2 is 2.00 bits per heavy atom. The number of aryl methyl sites for hydroxylation is 1. The van der Waals surface area contributed by atoms with E-state index >= 15 is 0 Å². The second-order valence-electron chi connectivity index (χ2n) is 12.0. The number of nitrogens with one attached hydrogen (secondary N) is 2. The highest BCUT2D eigenvalue weighted by Gasteiger charge is 2.28. The number of urea groups is 1. The largest absolute Gasteiger partial charge is 0.394 e. The van der Waals surface area contributed by atoms with Crippen molar-refractivity contribution in [3.05, 3.63) is 90.7 Å². The molecule has 1 saturated heterocycles. The Hall–Kier alpha value is -5.28. The molecule has 1 aromatic carbocycles. The molecule has 1 aliphatic heterocycles. The third kappa shape index (κ3) is 8.95. The average Bonchev–Trinajstić information content (AvgIpc) is 3.78. The van der Waals surface area contributed by atoms with Gasteiger partial charge in [0.2, 0.25) is 5.95 Å². The number of anilines is 3. The Bertz CT molecular complexity index is 1680. The van der Waals surface area contributed by atoms with Gasteiger partial charge >= 0.3 is 6.03 Å². The standard InChI is InChI=1S/C36H44N10O2/c1-3-11-31(42-35-39-23-29(20-37)34(43-35)45-19-10-15-32(45)26-47)14-8-5-9-18-46(36(48)40-21-27-12-6-4-7-13-27)33-17-16-28(22-38-33)30-24-41-44(2)25-30/h4,6-7,9,12-13,16-18,22-25,31-32,47H,3,5,8,10-11,14-15,19,21,26H2,1-2H3,(H,40,48)(H,39,42,43)/b18-9+/t31-,32?/m1/s1. The van der Waals surface area contributed by atoms with Crippen molar-refractivity contribution in [3.8, 4) is 17.2 Å². The molecule has 0 bridgehead atoms. The summed E-state index contributed by atoms with van der Waals surface area (Å²) in [5.41, 5.74) is 3.30. The van der Waals surface area contributed by atoms with Gasteiger partial charge in [-0.15, -0.1) is 0 Å². The van der Waals surface area contributed by atoms with E-state index in [9.17, 15) is 15.2 Å². The van der Waals surface area contributed by atoms with Crippen LogP contribution < -0.4 is 20.4 Å². The molecular weight excluding hydrogens is 604 g/mol. The van der Waals surface area contributed by atoms with Crippen LogP contribution in [0, 0.1) is 11.3 Å². The molecule has 0 radical (unpaired) electrons. The van der Waals surface area contributed by atoms with Gasteiger partial charge in [-0.05, 0) is 56.2 Å². The molecule has 12 nitrogen and oxygen atoms in total. The molecule has 2 atom stereocenters. The minimum absolute atomic E-state index is 0.0303. The van der Waals surface area contributed by atoms with Gasteiger partial charge in [0.25, 0.3) is 0 Å². The first-order valence-corrected chi connectivity index (χ1v) is 16.6. The monoisotopic (exact) mass is 648 g/mol. The molecule has 250 valence electrons. The number of nitrogens with zero attached hydrogens (tertiary/aromatic N) is 8. The number of aromatic nitrogens is 5. The molecule has 0 spiro atoms. The number of hydrogen-bond donors (Lipinski definition) is 3. The molecule has 1 aliphatic rings. The van der Waals surface area contributed by atoms with Crippen molar-refractivity contribution in [2.45, 2.75) is 70.5 Å². The summed E-state index contributed by atoms with van der Waals surface area (Å²) in [4.78, 5) is 30.7. The zero-order chi connectivity index (χ0) is 33.7. The number of aliphatic hydroxyl groups is 1. The highest BCUT2D eigenvalue weighted by Crippen LogP contribution is 2.28. The van der Waals surface area contributed by atoms with Crippen LogP contribution in [0.5, 0.6) is 0 Å². The summed E-state index contributed by atoms with van der Waals surface area (Å²) >= 11 is 0. The zero-order valence-electron chi connectivity index (χ0n) is 27.7. The van der Waals surface area contributed by atoms with E-state index in [1.54, 1.807) is 34.4 Å². The third-order valence-electron chi connectivity index (χ3n) is 8.44. The van der Waals surface area contributed by atoms with Crippen molar-refractivity contribution in [3.63, 3.8) is 0 Å². The number of hydrogen-bond acceptors (Lipinski definition) is 9. The fourth-order valence-corrected chi connectivity index (χ4v) is 5.90. The van der Waals surface area contributed by atoms with Crippen molar-refractivity contribution in [1.29, 1.82) is 5.26 Å². The van der Waals surface area contributed by atoms with Gasteiger partial charge in [0, 0.05) is 55.9 Å². The lowest BCUT2D eigenvalue weighted by Gasteiger charge is -2.26. The molecule has 4 heterocycles. The SMILES string of the molecule is CCC[C@H](CCC/C=C/N(C(=O)NCc1ccccc1)c1ccc(-c2cnn(C)c2)cn1)Nc1ncc(C#N)c(N2CCCC2CO)n1. The van der Waals surface area contributed by atoms with Crippen molar-refractivity contribution in [1.82, 2.24) is 30.0 Å². The summed E-state index contributed by atoms with van der Waals surface area (Å²) in [6.07, 6.45) is 17.1. The molecule has 4 aromatic rings. The number of unbranched alkanes of at least 4 members (excludes halogenated alkanes) is 1. The Balaban J connectivity index is 1.23. The normalized spacial score (nSPS) is 15.0. The first-order chi connectivity index (χ1) is 23.5. The molecule has 1 fully saturated rings. The Kier molecular flexibility index (Phi) is 12.1. The van der Waals surface area contributed by atoms with Crippen LogP contribution in [-0.4, -0.2) is 61.1 Å². The maximum atomic E-state index is 13.4. The van der Waals surface area contributed by atoms with E-state index in [0.29, 0.717) is 29.7 Å². The number of amides is 2. The number of carbonyl (C=O) groups excluding carboxylic acids is 1. The third-order valence-corrected chi connectivity index (χ3v) is 8.44. The molecule has 48 heavy (non-hydrogen) atoms. The molecule has 3 N–H and O–H groups in total. The van der Waals surface area contributed by atoms with E-state index in [-0.39, 0.29) is 24.7 Å². The van der Waals surface area contributed by atoms with Gasteiger partial charge < -0.3 is 20.6 Å². The molecular formula is C36H44N10O2. The maximum absolute atomic E-state index is 13.4. The van der Waals surface area contributed by atoms with E-state index in [1.807, 2.05) is 66.7 Å². The minimum atomic E-state index is -0.266. The molecule has 12 heteroatoms. The summed E-state index contributed by atoms with van der Waals surface area (Å²) in [5, 5.41) is 30.2. The lowest BCUT2D eigenvalue weighted by atomic mass is 10.1. The quantitative estimate of drug-likeness (QED) is 0.136. The number of pyridine rings is 1. The van der Waals surface area contributed by atoms with Gasteiger partial charge in [-0.1, -0.05) is 49.8 Å². The number of rotatable bonds is 15. The van der Waals surface area contributed by atoms with E-state index in [1.165, 1.54) is 0 Å². The van der Waals surface area contributed by atoms with E-state index in [2.05, 4.69) is 38.7 Å². The summed E-state index contributed by atoms with van der Waals surface area (Å²) in [6.45, 7) is 3.34. The average molecular weight is 649 g/mol. The summed E-state index contributed by atoms with van der Waals surface area (Å²) in [6, 6.07) is 15.6. The second-order valence-corrected chi connectivity index (χ2v) is 12.0. The number of allylic oxidation sites excluding steroid dienone is 1. The van der Waals surface area contributed by atoms with Gasteiger partial charge in [0.15, 0.2) is 5.82 Å². The van der Waals surface area contributed by atoms with Crippen LogP contribution >= 0.6 is 0 Å². The summed E-state index contributed by atoms with van der Waals surface area (Å²) < 4.78 is 1.74. The minimum Gasteiger partial charge on any atom is -0.394 e. The highest BCUT2D eigenvalue weighted by molar-refractivity contribution is 5.92. The predicted molar refractivity (Wildman–Crippen MR) is 187 cm³/mol. The molecule has 0 saturated carbocycles. The van der Waals surface area contributed by atoms with E-state index < -0.39 is 0 Å². The molecule has 1 unspecified atom stereocenters. The lowest BCUT2D eigenvalue weighted by molar-refractivity contribution is 0.247. The van der Waals surface area contributed by atoms with Crippen molar-refractivity contribution in [2.75, 3.05) is 28.3 Å². The van der Waals surface area contributed by atoms with E-state index in [4.69, 9.17) is 4.98 Å². The van der Waals surface area contributed by atoms with Crippen LogP contribution in [0.15, 0.2) is 79.5 Å². The number of aliphatic hydroxyl groups excluding tert-OH is 1. The van der Waals surface area contributed by atoms with Crippen LogP contribution in [0.2, 0.25) is 0 Å². The smallest absolute Gasteiger partial charge is 0.327 e. The molecule has 3 aromatic heterocycles. The number of carbonyl (C=O) groups is 1. The van der Waals surface area contributed by atoms with Crippen molar-refractivity contribution in [2.24, 2.45) is 7.05 Å². The van der Waals surface area contributed by atoms with Gasteiger partial charge in [-0.3, -0.25) is 9.58 Å². The van der Waals surface area contributed by atoms with Gasteiger partial charge in [0.05, 0.1) is 25.0 Å². The first-order valence-electron chi connectivity index (χ1n) is 16.6. The Morgan fingerprint density at radius 1 is 1.15 bits per heavy atom. The fourth-order valence-electron chi connectivity index (χ4n) is 5.90. The van der Waals surface area contributed by atoms with Gasteiger partial charge in [-0.25, -0.2) is 14.8 Å². The number of benzene rings is 1. The number of nitriles is 1. The fraction of sp³-hybridized carbons (Fsp3) is 0.389. The van der Waals surface area contributed by atoms with Crippen LogP contribution in [0.4, 0.5) is 22.4 Å².